The number of hydrogen-bond donors (Lipinski definition) is 2. The van der Waals surface area contributed by atoms with Gasteiger partial charge in [0.25, 0.3) is 10.0 Å². The van der Waals surface area contributed by atoms with Crippen molar-refractivity contribution in [1.82, 2.24) is 15.0 Å². The Kier molecular flexibility index (Phi) is 5.35. The number of hydrazine groups is 1. The molecule has 1 heterocycles. The van der Waals surface area contributed by atoms with Crippen molar-refractivity contribution in [2.75, 3.05) is 5.43 Å². The van der Waals surface area contributed by atoms with Crippen LogP contribution in [0.1, 0.15) is 11.1 Å². The topological polar surface area (TPSA) is 97.1 Å². The molecule has 0 saturated carbocycles. The van der Waals surface area contributed by atoms with E-state index in [1.54, 1.807) is 42.5 Å². The summed E-state index contributed by atoms with van der Waals surface area (Å²) in [4.78, 5) is 2.57. The second kappa shape index (κ2) is 8.10. The number of aromatic nitrogens is 2. The highest BCUT2D eigenvalue weighted by molar-refractivity contribution is 7.89. The lowest BCUT2D eigenvalue weighted by atomic mass is 10.1. The van der Waals surface area contributed by atoms with Gasteiger partial charge < -0.3 is 9.84 Å². The number of rotatable bonds is 6. The predicted molar refractivity (Wildman–Crippen MR) is 115 cm³/mol. The van der Waals surface area contributed by atoms with Crippen LogP contribution in [0.15, 0.2) is 82.1 Å². The molecule has 0 bridgehead atoms. The fourth-order valence-electron chi connectivity index (χ4n) is 2.82. The monoisotopic (exact) mass is 420 g/mol. The van der Waals surface area contributed by atoms with Gasteiger partial charge in [-0.2, -0.15) is 0 Å². The van der Waals surface area contributed by atoms with Crippen molar-refractivity contribution in [3.63, 3.8) is 0 Å². The number of hydrogen-bond acceptors (Lipinski definition) is 6. The van der Waals surface area contributed by atoms with Crippen LogP contribution in [0.4, 0.5) is 5.69 Å². The number of aryl methyl sites for hydroxylation is 2. The van der Waals surface area contributed by atoms with Gasteiger partial charge in [-0.05, 0) is 67.9 Å². The Morgan fingerprint density at radius 2 is 1.37 bits per heavy atom. The molecule has 3 aromatic carbocycles. The minimum atomic E-state index is -3.68. The lowest BCUT2D eigenvalue weighted by Crippen LogP contribution is -2.29. The van der Waals surface area contributed by atoms with E-state index >= 15 is 0 Å². The summed E-state index contributed by atoms with van der Waals surface area (Å²) in [5, 5.41) is 8.20. The molecule has 0 saturated heterocycles. The molecule has 0 amide bonds. The molecule has 0 aliphatic rings. The van der Waals surface area contributed by atoms with Crippen LogP contribution >= 0.6 is 0 Å². The van der Waals surface area contributed by atoms with E-state index in [4.69, 9.17) is 4.42 Å². The Labute approximate surface area is 174 Å². The largest absolute Gasteiger partial charge is 0.416 e. The van der Waals surface area contributed by atoms with Gasteiger partial charge in [0.15, 0.2) is 0 Å². The van der Waals surface area contributed by atoms with E-state index in [2.05, 4.69) is 20.5 Å². The molecule has 0 radical (unpaired) electrons. The van der Waals surface area contributed by atoms with Crippen LogP contribution in [0.25, 0.3) is 22.9 Å². The summed E-state index contributed by atoms with van der Waals surface area (Å²) in [7, 11) is -3.68. The van der Waals surface area contributed by atoms with E-state index < -0.39 is 10.0 Å². The Morgan fingerprint density at radius 3 is 1.97 bits per heavy atom. The predicted octanol–water partition coefficient (Wildman–Crippen LogP) is 4.33. The Balaban J connectivity index is 1.45. The van der Waals surface area contributed by atoms with Crippen molar-refractivity contribution in [3.05, 3.63) is 83.9 Å². The van der Waals surface area contributed by atoms with E-state index in [0.717, 1.165) is 22.3 Å². The van der Waals surface area contributed by atoms with E-state index in [9.17, 15) is 8.42 Å². The summed E-state index contributed by atoms with van der Waals surface area (Å²) in [6, 6.07) is 21.5. The van der Waals surface area contributed by atoms with Gasteiger partial charge in [0, 0.05) is 16.8 Å². The van der Waals surface area contributed by atoms with Gasteiger partial charge in [-0.25, -0.2) is 8.42 Å². The highest BCUT2D eigenvalue weighted by Gasteiger charge is 2.14. The van der Waals surface area contributed by atoms with Crippen LogP contribution < -0.4 is 10.3 Å². The van der Waals surface area contributed by atoms with E-state index in [0.29, 0.717) is 17.5 Å². The highest BCUT2D eigenvalue weighted by Crippen LogP contribution is 2.25. The smallest absolute Gasteiger partial charge is 0.257 e. The van der Waals surface area contributed by atoms with Crippen molar-refractivity contribution in [1.29, 1.82) is 0 Å². The fourth-order valence-corrected chi connectivity index (χ4v) is 3.79. The number of nitrogens with one attached hydrogen (secondary N) is 2. The molecule has 7 nitrogen and oxygen atoms in total. The summed E-state index contributed by atoms with van der Waals surface area (Å²) in [5.74, 6) is 0.829. The van der Waals surface area contributed by atoms with Crippen LogP contribution in [0, 0.1) is 13.8 Å². The van der Waals surface area contributed by atoms with Crippen molar-refractivity contribution < 1.29 is 12.8 Å². The first-order valence-electron chi connectivity index (χ1n) is 9.26. The molecule has 0 spiro atoms. The van der Waals surface area contributed by atoms with Crippen molar-refractivity contribution in [2.24, 2.45) is 0 Å². The third-order valence-corrected chi connectivity index (χ3v) is 5.73. The third kappa shape index (κ3) is 4.40. The summed E-state index contributed by atoms with van der Waals surface area (Å²) in [6.45, 7) is 3.85. The maximum atomic E-state index is 12.4. The molecular formula is C22H20N4O3S. The van der Waals surface area contributed by atoms with Crippen molar-refractivity contribution in [2.45, 2.75) is 18.7 Å². The second-order valence-corrected chi connectivity index (χ2v) is 8.59. The normalized spacial score (nSPS) is 11.4. The van der Waals surface area contributed by atoms with Crippen LogP contribution in [0.2, 0.25) is 0 Å². The molecule has 0 aliphatic carbocycles. The lowest BCUT2D eigenvalue weighted by molar-refractivity contribution is 0.584. The maximum Gasteiger partial charge on any atom is 0.257 e. The van der Waals surface area contributed by atoms with E-state index in [1.807, 2.05) is 44.2 Å². The lowest BCUT2D eigenvalue weighted by Gasteiger charge is -2.10. The molecule has 0 fully saturated rings. The number of nitrogens with zero attached hydrogens (tertiary/aromatic N) is 2. The van der Waals surface area contributed by atoms with Crippen LogP contribution in [-0.4, -0.2) is 18.6 Å². The molecule has 30 heavy (non-hydrogen) atoms. The van der Waals surface area contributed by atoms with Gasteiger partial charge in [-0.3, -0.25) is 0 Å². The van der Waals surface area contributed by atoms with Gasteiger partial charge in [0.2, 0.25) is 11.8 Å². The number of anilines is 1. The van der Waals surface area contributed by atoms with Gasteiger partial charge in [0.05, 0.1) is 4.90 Å². The summed E-state index contributed by atoms with van der Waals surface area (Å²) >= 11 is 0. The Hall–Kier alpha value is -3.49. The average molecular weight is 420 g/mol. The molecular weight excluding hydrogens is 400 g/mol. The zero-order valence-electron chi connectivity index (χ0n) is 16.5. The Morgan fingerprint density at radius 1 is 0.767 bits per heavy atom. The van der Waals surface area contributed by atoms with Crippen molar-refractivity contribution in [3.8, 4) is 22.9 Å². The molecule has 0 aliphatic heterocycles. The zero-order valence-corrected chi connectivity index (χ0v) is 17.3. The van der Waals surface area contributed by atoms with Crippen molar-refractivity contribution >= 4 is 15.7 Å². The quantitative estimate of drug-likeness (QED) is 0.451. The minimum absolute atomic E-state index is 0.195. The first-order chi connectivity index (χ1) is 14.4. The molecule has 2 N–H and O–H groups in total. The summed E-state index contributed by atoms with van der Waals surface area (Å²) in [6.07, 6.45) is 0. The zero-order chi connectivity index (χ0) is 21.1. The standard InChI is InChI=1S/C22H20N4O3S/c1-15-6-8-17(9-7-15)21-24-25-22(29-21)18-10-12-19(13-11-18)23-26-30(27,28)20-5-3-4-16(2)14-20/h3-14,23,26H,1-2H3. The van der Waals surface area contributed by atoms with E-state index in [-0.39, 0.29) is 4.90 Å². The first kappa shape index (κ1) is 19.8. The molecule has 0 atom stereocenters. The molecule has 4 aromatic rings. The average Bonchev–Trinajstić information content (AvgIpc) is 3.23. The summed E-state index contributed by atoms with van der Waals surface area (Å²) < 4.78 is 30.6. The molecule has 4 rings (SSSR count). The third-order valence-electron chi connectivity index (χ3n) is 4.48. The first-order valence-corrected chi connectivity index (χ1v) is 10.7. The number of sulfonamides is 1. The Bertz CT molecular complexity index is 1260. The van der Waals surface area contributed by atoms with Crippen LogP contribution in [0.3, 0.4) is 0 Å². The molecule has 1 aromatic heterocycles. The van der Waals surface area contributed by atoms with Gasteiger partial charge in [-0.1, -0.05) is 29.8 Å². The maximum absolute atomic E-state index is 12.4. The van der Waals surface area contributed by atoms with E-state index in [1.165, 1.54) is 0 Å². The SMILES string of the molecule is Cc1ccc(-c2nnc(-c3ccc(NNS(=O)(=O)c4cccc(C)c4)cc3)o2)cc1. The molecule has 152 valence electrons. The molecule has 0 unspecified atom stereocenters. The second-order valence-electron chi connectivity index (χ2n) is 6.90. The van der Waals surface area contributed by atoms with Gasteiger partial charge in [0.1, 0.15) is 0 Å². The minimum Gasteiger partial charge on any atom is -0.416 e. The highest BCUT2D eigenvalue weighted by atomic mass is 32.2. The van der Waals surface area contributed by atoms with Crippen LogP contribution in [0.5, 0.6) is 0 Å². The van der Waals surface area contributed by atoms with Gasteiger partial charge in [-0.15, -0.1) is 15.0 Å². The summed E-state index contributed by atoms with van der Waals surface area (Å²) in [5.41, 5.74) is 6.89. The molecule has 8 heteroatoms. The van der Waals surface area contributed by atoms with Crippen LogP contribution in [-0.2, 0) is 10.0 Å². The van der Waals surface area contributed by atoms with Gasteiger partial charge >= 0.3 is 0 Å². The fraction of sp³-hybridized carbons (Fsp3) is 0.0909. The number of benzene rings is 3.